The molecule has 0 unspecified atom stereocenters. The summed E-state index contributed by atoms with van der Waals surface area (Å²) in [5, 5.41) is 3.51. The van der Waals surface area contributed by atoms with Crippen LogP contribution in [-0.2, 0) is 25.7 Å². The van der Waals surface area contributed by atoms with E-state index >= 15 is 0 Å². The third kappa shape index (κ3) is 4.48. The van der Waals surface area contributed by atoms with Gasteiger partial charge in [-0.15, -0.1) is 0 Å². The molecule has 1 N–H and O–H groups in total. The van der Waals surface area contributed by atoms with Gasteiger partial charge in [0.25, 0.3) is 11.8 Å². The van der Waals surface area contributed by atoms with Crippen molar-refractivity contribution >= 4 is 57.7 Å². The fourth-order valence-electron chi connectivity index (χ4n) is 4.39. The summed E-state index contributed by atoms with van der Waals surface area (Å²) in [5.41, 5.74) is 3.04. The van der Waals surface area contributed by atoms with Crippen molar-refractivity contribution in [2.45, 2.75) is 13.5 Å². The van der Waals surface area contributed by atoms with Gasteiger partial charge in [0.1, 0.15) is 12.1 Å². The van der Waals surface area contributed by atoms with E-state index in [0.717, 1.165) is 16.5 Å². The number of ether oxygens (including phenoxy) is 1. The molecule has 1 aromatic heterocycles. The minimum absolute atomic E-state index is 0.00397. The first kappa shape index (κ1) is 22.9. The summed E-state index contributed by atoms with van der Waals surface area (Å²) >= 11 is 5.31. The number of hydrogen-bond donors (Lipinski definition) is 1. The van der Waals surface area contributed by atoms with E-state index in [1.807, 2.05) is 54.0 Å². The van der Waals surface area contributed by atoms with Gasteiger partial charge in [0, 0.05) is 35.8 Å². The number of carbonyl (C=O) groups excluding carboxylic acids is 3. The average molecular weight is 489 g/mol. The lowest BCUT2D eigenvalue weighted by atomic mass is 10.1. The number of aromatic nitrogens is 1. The van der Waals surface area contributed by atoms with Gasteiger partial charge in [-0.3, -0.25) is 24.6 Å². The molecule has 178 valence electrons. The maximum Gasteiger partial charge on any atom is 0.270 e. The van der Waals surface area contributed by atoms with Crippen LogP contribution >= 0.6 is 12.2 Å². The Labute approximate surface area is 207 Å². The second-order valence-corrected chi connectivity index (χ2v) is 8.91. The maximum atomic E-state index is 13.4. The zero-order valence-electron chi connectivity index (χ0n) is 19.2. The smallest absolute Gasteiger partial charge is 0.270 e. The highest BCUT2D eigenvalue weighted by atomic mass is 32.1. The molecule has 0 aliphatic carbocycles. The number of morpholine rings is 1. The number of amides is 3. The average Bonchev–Trinajstić information content (AvgIpc) is 3.19. The number of anilines is 1. The molecule has 2 aromatic carbocycles. The molecule has 0 atom stereocenters. The quantitative estimate of drug-likeness (QED) is 0.347. The second-order valence-electron chi connectivity index (χ2n) is 8.52. The third-order valence-electron chi connectivity index (χ3n) is 6.15. The molecule has 3 aromatic rings. The lowest BCUT2D eigenvalue weighted by Crippen LogP contribution is -2.54. The van der Waals surface area contributed by atoms with E-state index < -0.39 is 11.8 Å². The predicted molar refractivity (Wildman–Crippen MR) is 137 cm³/mol. The Balaban J connectivity index is 1.51. The van der Waals surface area contributed by atoms with Gasteiger partial charge in [0.05, 0.1) is 18.9 Å². The molecule has 2 fully saturated rings. The Hall–Kier alpha value is -3.82. The van der Waals surface area contributed by atoms with Gasteiger partial charge in [-0.2, -0.15) is 0 Å². The predicted octanol–water partition coefficient (Wildman–Crippen LogP) is 2.64. The van der Waals surface area contributed by atoms with Gasteiger partial charge in [-0.05, 0) is 49.0 Å². The minimum atomic E-state index is -0.551. The normalized spacial score (nSPS) is 17.9. The number of rotatable bonds is 4. The zero-order chi connectivity index (χ0) is 24.5. The van der Waals surface area contributed by atoms with Crippen LogP contribution in [0.25, 0.3) is 17.0 Å². The molecule has 5 rings (SSSR count). The van der Waals surface area contributed by atoms with E-state index in [0.29, 0.717) is 37.6 Å². The standard InChI is InChI=1S/C26H24N4O4S/c1-17-5-4-6-19(13-17)30-25(33)21(24(32)27-26(30)35)14-18-15-29(22-8-3-2-7-20(18)22)16-23(31)28-9-11-34-12-10-28/h2-8,13-15H,9-12,16H2,1H3,(H,27,32,35)/b21-14+. The Morgan fingerprint density at radius 2 is 1.89 bits per heavy atom. The minimum Gasteiger partial charge on any atom is -0.378 e. The lowest BCUT2D eigenvalue weighted by Gasteiger charge is -2.29. The van der Waals surface area contributed by atoms with Crippen LogP contribution < -0.4 is 10.2 Å². The molecule has 2 saturated heterocycles. The summed E-state index contributed by atoms with van der Waals surface area (Å²) in [6.07, 6.45) is 3.38. The van der Waals surface area contributed by atoms with Crippen molar-refractivity contribution in [2.24, 2.45) is 0 Å². The van der Waals surface area contributed by atoms with Gasteiger partial charge in [-0.1, -0.05) is 30.3 Å². The number of benzene rings is 2. The first-order chi connectivity index (χ1) is 16.9. The summed E-state index contributed by atoms with van der Waals surface area (Å²) in [6.45, 7) is 4.28. The monoisotopic (exact) mass is 488 g/mol. The van der Waals surface area contributed by atoms with Gasteiger partial charge >= 0.3 is 0 Å². The Morgan fingerprint density at radius 1 is 1.11 bits per heavy atom. The third-order valence-corrected chi connectivity index (χ3v) is 6.43. The molecule has 0 radical (unpaired) electrons. The van der Waals surface area contributed by atoms with Crippen LogP contribution in [0.5, 0.6) is 0 Å². The maximum absolute atomic E-state index is 13.4. The molecule has 8 nitrogen and oxygen atoms in total. The van der Waals surface area contributed by atoms with Crippen molar-refractivity contribution in [1.29, 1.82) is 0 Å². The number of carbonyl (C=O) groups is 3. The number of para-hydroxylation sites is 1. The number of thiocarbonyl (C=S) groups is 1. The fraction of sp³-hybridized carbons (Fsp3) is 0.231. The first-order valence-electron chi connectivity index (χ1n) is 11.3. The van der Waals surface area contributed by atoms with Crippen molar-refractivity contribution in [3.63, 3.8) is 0 Å². The molecular weight excluding hydrogens is 464 g/mol. The van der Waals surface area contributed by atoms with Crippen LogP contribution in [0, 0.1) is 6.92 Å². The summed E-state index contributed by atoms with van der Waals surface area (Å²) in [6, 6.07) is 15.0. The van der Waals surface area contributed by atoms with Crippen molar-refractivity contribution < 1.29 is 19.1 Å². The molecular formula is C26H24N4O4S. The molecule has 35 heavy (non-hydrogen) atoms. The van der Waals surface area contributed by atoms with E-state index in [1.165, 1.54) is 4.90 Å². The number of aryl methyl sites for hydroxylation is 1. The SMILES string of the molecule is Cc1cccc(N2C(=O)/C(=C/c3cn(CC(=O)N4CCOCC4)c4ccccc34)C(=O)NC2=S)c1. The molecule has 0 bridgehead atoms. The van der Waals surface area contributed by atoms with Gasteiger partial charge in [0.15, 0.2) is 5.11 Å². The van der Waals surface area contributed by atoms with Crippen LogP contribution in [0.4, 0.5) is 5.69 Å². The number of nitrogens with one attached hydrogen (secondary N) is 1. The van der Waals surface area contributed by atoms with Crippen molar-refractivity contribution in [2.75, 3.05) is 31.2 Å². The van der Waals surface area contributed by atoms with E-state index in [4.69, 9.17) is 17.0 Å². The van der Waals surface area contributed by atoms with Crippen LogP contribution in [0.3, 0.4) is 0 Å². The Morgan fingerprint density at radius 3 is 2.66 bits per heavy atom. The van der Waals surface area contributed by atoms with Crippen molar-refractivity contribution in [3.05, 3.63) is 71.4 Å². The lowest BCUT2D eigenvalue weighted by molar-refractivity contribution is -0.135. The highest BCUT2D eigenvalue weighted by Gasteiger charge is 2.34. The molecule has 2 aliphatic heterocycles. The summed E-state index contributed by atoms with van der Waals surface area (Å²) < 4.78 is 7.20. The largest absolute Gasteiger partial charge is 0.378 e. The number of nitrogens with zero attached hydrogens (tertiary/aromatic N) is 3. The highest BCUT2D eigenvalue weighted by Crippen LogP contribution is 2.27. The number of fused-ring (bicyclic) bond motifs is 1. The highest BCUT2D eigenvalue weighted by molar-refractivity contribution is 7.80. The zero-order valence-corrected chi connectivity index (χ0v) is 20.0. The van der Waals surface area contributed by atoms with Gasteiger partial charge in [-0.25, -0.2) is 0 Å². The molecule has 0 spiro atoms. The van der Waals surface area contributed by atoms with Crippen LogP contribution in [0.1, 0.15) is 11.1 Å². The Kier molecular flexibility index (Phi) is 6.19. The number of hydrogen-bond acceptors (Lipinski definition) is 5. The summed E-state index contributed by atoms with van der Waals surface area (Å²) in [4.78, 5) is 42.2. The van der Waals surface area contributed by atoms with E-state index in [1.54, 1.807) is 23.2 Å². The van der Waals surface area contributed by atoms with Crippen molar-refractivity contribution in [1.82, 2.24) is 14.8 Å². The van der Waals surface area contributed by atoms with Crippen LogP contribution in [0.2, 0.25) is 0 Å². The molecule has 3 amide bonds. The molecule has 3 heterocycles. The molecule has 0 saturated carbocycles. The van der Waals surface area contributed by atoms with E-state index in [-0.39, 0.29) is 23.1 Å². The van der Waals surface area contributed by atoms with E-state index in [2.05, 4.69) is 5.32 Å². The fourth-order valence-corrected chi connectivity index (χ4v) is 4.68. The second kappa shape index (κ2) is 9.44. The first-order valence-corrected chi connectivity index (χ1v) is 11.7. The van der Waals surface area contributed by atoms with Crippen LogP contribution in [0.15, 0.2) is 60.3 Å². The van der Waals surface area contributed by atoms with E-state index in [9.17, 15) is 14.4 Å². The van der Waals surface area contributed by atoms with Crippen LogP contribution in [-0.4, -0.2) is 58.6 Å². The van der Waals surface area contributed by atoms with Gasteiger partial charge in [0.2, 0.25) is 5.91 Å². The molecule has 2 aliphatic rings. The Bertz CT molecular complexity index is 1390. The molecule has 9 heteroatoms. The summed E-state index contributed by atoms with van der Waals surface area (Å²) in [7, 11) is 0. The van der Waals surface area contributed by atoms with Gasteiger partial charge < -0.3 is 14.2 Å². The summed E-state index contributed by atoms with van der Waals surface area (Å²) in [5.74, 6) is -1.05. The topological polar surface area (TPSA) is 83.9 Å². The van der Waals surface area contributed by atoms with Crippen molar-refractivity contribution in [3.8, 4) is 0 Å².